The molecule has 0 aliphatic carbocycles. The van der Waals surface area contributed by atoms with Gasteiger partial charge in [-0.15, -0.1) is 23.5 Å². The fourth-order valence-electron chi connectivity index (χ4n) is 3.05. The summed E-state index contributed by atoms with van der Waals surface area (Å²) in [7, 11) is 1.68. The van der Waals surface area contributed by atoms with Gasteiger partial charge in [0.15, 0.2) is 0 Å². The molecule has 2 nitrogen and oxygen atoms in total. The van der Waals surface area contributed by atoms with E-state index in [1.807, 2.05) is 60.5 Å². The van der Waals surface area contributed by atoms with Gasteiger partial charge in [-0.3, -0.25) is 0 Å². The molecule has 0 amide bonds. The average Bonchev–Trinajstić information content (AvgIpc) is 3.21. The van der Waals surface area contributed by atoms with E-state index < -0.39 is 0 Å². The molecule has 0 N–H and O–H groups in total. The third-order valence-corrected chi connectivity index (χ3v) is 7.02. The van der Waals surface area contributed by atoms with Gasteiger partial charge in [0.25, 0.3) is 0 Å². The first-order valence-corrected chi connectivity index (χ1v) is 11.9. The van der Waals surface area contributed by atoms with Crippen LogP contribution in [0.15, 0.2) is 99.3 Å². The summed E-state index contributed by atoms with van der Waals surface area (Å²) in [6, 6.07) is 26.4. The van der Waals surface area contributed by atoms with Crippen LogP contribution in [0.25, 0.3) is 11.3 Å². The number of methoxy groups -OCH3 is 1. The second-order valence-corrected chi connectivity index (χ2v) is 9.18. The molecule has 4 rings (SSSR count). The molecule has 3 aromatic carbocycles. The summed E-state index contributed by atoms with van der Waals surface area (Å²) in [4.78, 5) is 2.43. The lowest BCUT2D eigenvalue weighted by atomic mass is 10.1. The standard InChI is InChI=1S/C25H21ClO2S2/c1-27-21-11-7-18(8-12-21)25-24(17-30-22-5-3-2-4-6-22)19(15-28-25)16-29-23-13-9-20(26)10-14-23/h2-15H,16-17H2,1H3. The highest BCUT2D eigenvalue weighted by Gasteiger charge is 2.16. The van der Waals surface area contributed by atoms with Crippen molar-refractivity contribution in [3.8, 4) is 17.1 Å². The van der Waals surface area contributed by atoms with Crippen LogP contribution in [0, 0.1) is 0 Å². The highest BCUT2D eigenvalue weighted by atomic mass is 35.5. The second-order valence-electron chi connectivity index (χ2n) is 6.64. The van der Waals surface area contributed by atoms with E-state index in [4.69, 9.17) is 20.8 Å². The van der Waals surface area contributed by atoms with Crippen molar-refractivity contribution in [1.82, 2.24) is 0 Å². The molecule has 0 radical (unpaired) electrons. The molecule has 5 heteroatoms. The molecular weight excluding hydrogens is 432 g/mol. The van der Waals surface area contributed by atoms with E-state index in [2.05, 4.69) is 36.4 Å². The summed E-state index contributed by atoms with van der Waals surface area (Å²) in [5.74, 6) is 3.45. The molecule has 1 heterocycles. The lowest BCUT2D eigenvalue weighted by Crippen LogP contribution is -1.90. The second kappa shape index (κ2) is 10.2. The van der Waals surface area contributed by atoms with Crippen LogP contribution in [0.2, 0.25) is 5.02 Å². The normalized spacial score (nSPS) is 10.9. The van der Waals surface area contributed by atoms with Gasteiger partial charge >= 0.3 is 0 Å². The Labute approximate surface area is 190 Å². The van der Waals surface area contributed by atoms with Crippen LogP contribution in [-0.2, 0) is 11.5 Å². The van der Waals surface area contributed by atoms with Crippen molar-refractivity contribution in [3.05, 3.63) is 101 Å². The van der Waals surface area contributed by atoms with Gasteiger partial charge in [0.2, 0.25) is 0 Å². The Balaban J connectivity index is 1.59. The largest absolute Gasteiger partial charge is 0.497 e. The summed E-state index contributed by atoms with van der Waals surface area (Å²) in [5, 5.41) is 0.754. The number of benzene rings is 3. The molecule has 1 aromatic heterocycles. The molecule has 0 fully saturated rings. The Morgan fingerprint density at radius 3 is 2.17 bits per heavy atom. The van der Waals surface area contributed by atoms with Crippen LogP contribution in [-0.4, -0.2) is 7.11 Å². The van der Waals surface area contributed by atoms with Gasteiger partial charge in [0, 0.05) is 43.0 Å². The molecule has 0 atom stereocenters. The third kappa shape index (κ3) is 5.25. The van der Waals surface area contributed by atoms with Gasteiger partial charge in [-0.05, 0) is 60.7 Å². The minimum Gasteiger partial charge on any atom is -0.497 e. The van der Waals surface area contributed by atoms with E-state index in [0.29, 0.717) is 0 Å². The first-order valence-electron chi connectivity index (χ1n) is 9.53. The van der Waals surface area contributed by atoms with Gasteiger partial charge in [0.05, 0.1) is 13.4 Å². The zero-order valence-corrected chi connectivity index (χ0v) is 18.9. The van der Waals surface area contributed by atoms with E-state index in [1.165, 1.54) is 20.9 Å². The van der Waals surface area contributed by atoms with Crippen molar-refractivity contribution < 1.29 is 9.15 Å². The predicted molar refractivity (Wildman–Crippen MR) is 128 cm³/mol. The van der Waals surface area contributed by atoms with Crippen LogP contribution >= 0.6 is 35.1 Å². The molecule has 0 spiro atoms. The van der Waals surface area contributed by atoms with Crippen molar-refractivity contribution in [2.45, 2.75) is 21.3 Å². The summed E-state index contributed by atoms with van der Waals surface area (Å²) in [6.45, 7) is 0. The summed E-state index contributed by atoms with van der Waals surface area (Å²) in [5.41, 5.74) is 3.50. The number of thioether (sulfide) groups is 2. The first-order chi connectivity index (χ1) is 14.7. The predicted octanol–water partition coefficient (Wildman–Crippen LogP) is 8.19. The fourth-order valence-corrected chi connectivity index (χ4v) is 5.04. The SMILES string of the molecule is COc1ccc(-c2occ(CSc3ccc(Cl)cc3)c2CSc2ccccc2)cc1. The Morgan fingerprint density at radius 1 is 0.800 bits per heavy atom. The van der Waals surface area contributed by atoms with Crippen molar-refractivity contribution in [2.75, 3.05) is 7.11 Å². The quantitative estimate of drug-likeness (QED) is 0.251. The molecule has 0 unspecified atom stereocenters. The van der Waals surface area contributed by atoms with Crippen molar-refractivity contribution in [3.63, 3.8) is 0 Å². The van der Waals surface area contributed by atoms with Crippen LogP contribution in [0.1, 0.15) is 11.1 Å². The topological polar surface area (TPSA) is 22.4 Å². The minimum absolute atomic E-state index is 0.754. The molecule has 4 aromatic rings. The van der Waals surface area contributed by atoms with Gasteiger partial charge in [-0.2, -0.15) is 0 Å². The summed E-state index contributed by atoms with van der Waals surface area (Å²) in [6.07, 6.45) is 1.89. The van der Waals surface area contributed by atoms with Crippen molar-refractivity contribution in [1.29, 1.82) is 0 Å². The van der Waals surface area contributed by atoms with Crippen LogP contribution in [0.5, 0.6) is 5.75 Å². The molecule has 0 saturated heterocycles. The number of halogens is 1. The molecule has 152 valence electrons. The van der Waals surface area contributed by atoms with Crippen LogP contribution in [0.4, 0.5) is 0 Å². The smallest absolute Gasteiger partial charge is 0.138 e. The van der Waals surface area contributed by atoms with Crippen molar-refractivity contribution >= 4 is 35.1 Å². The number of ether oxygens (including phenoxy) is 1. The van der Waals surface area contributed by atoms with Gasteiger partial charge < -0.3 is 9.15 Å². The number of rotatable bonds is 8. The Bertz CT molecular complexity index is 1070. The van der Waals surface area contributed by atoms with Gasteiger partial charge in [0.1, 0.15) is 11.5 Å². The molecule has 0 aliphatic rings. The average molecular weight is 453 g/mol. The minimum atomic E-state index is 0.754. The van der Waals surface area contributed by atoms with Crippen LogP contribution in [0.3, 0.4) is 0 Å². The molecule has 0 aliphatic heterocycles. The number of hydrogen-bond donors (Lipinski definition) is 0. The Hall–Kier alpha value is -2.27. The maximum Gasteiger partial charge on any atom is 0.138 e. The van der Waals surface area contributed by atoms with Crippen LogP contribution < -0.4 is 4.74 Å². The number of furan rings is 1. The van der Waals surface area contributed by atoms with E-state index in [9.17, 15) is 0 Å². The summed E-state index contributed by atoms with van der Waals surface area (Å²) < 4.78 is 11.4. The highest BCUT2D eigenvalue weighted by molar-refractivity contribution is 7.99. The van der Waals surface area contributed by atoms with Gasteiger partial charge in [-0.1, -0.05) is 29.8 Å². The number of hydrogen-bond acceptors (Lipinski definition) is 4. The molecule has 0 bridgehead atoms. The van der Waals surface area contributed by atoms with E-state index in [1.54, 1.807) is 18.9 Å². The summed E-state index contributed by atoms with van der Waals surface area (Å²) >= 11 is 9.62. The van der Waals surface area contributed by atoms with E-state index >= 15 is 0 Å². The zero-order valence-electron chi connectivity index (χ0n) is 16.5. The van der Waals surface area contributed by atoms with Gasteiger partial charge in [-0.25, -0.2) is 0 Å². The van der Waals surface area contributed by atoms with E-state index in [0.717, 1.165) is 33.6 Å². The monoisotopic (exact) mass is 452 g/mol. The third-order valence-electron chi connectivity index (χ3n) is 4.67. The lowest BCUT2D eigenvalue weighted by molar-refractivity contribution is 0.415. The maximum atomic E-state index is 6.06. The Kier molecular flexibility index (Phi) is 7.11. The van der Waals surface area contributed by atoms with E-state index in [-0.39, 0.29) is 0 Å². The zero-order chi connectivity index (χ0) is 20.8. The molecular formula is C25H21ClO2S2. The fraction of sp³-hybridized carbons (Fsp3) is 0.120. The Morgan fingerprint density at radius 2 is 1.47 bits per heavy atom. The molecule has 30 heavy (non-hydrogen) atoms. The lowest BCUT2D eigenvalue weighted by Gasteiger charge is -2.08. The molecule has 0 saturated carbocycles. The highest BCUT2D eigenvalue weighted by Crippen LogP contribution is 2.37. The maximum absolute atomic E-state index is 6.06. The van der Waals surface area contributed by atoms with Crippen molar-refractivity contribution in [2.24, 2.45) is 0 Å². The first kappa shape index (κ1) is 21.0.